The number of carbonyl (C=O) groups excluding carboxylic acids is 1. The Morgan fingerprint density at radius 2 is 1.54 bits per heavy atom. The van der Waals surface area contributed by atoms with Gasteiger partial charge in [0.2, 0.25) is 0 Å². The van der Waals surface area contributed by atoms with Gasteiger partial charge in [0.05, 0.1) is 6.61 Å². The van der Waals surface area contributed by atoms with E-state index in [4.69, 9.17) is 4.74 Å². The molecule has 0 aliphatic heterocycles. The average Bonchev–Trinajstić information content (AvgIpc) is 3.17. The first-order valence-electron chi connectivity index (χ1n) is 9.51. The average molecular weight is 373 g/mol. The highest BCUT2D eigenvalue weighted by molar-refractivity contribution is 5.88. The fourth-order valence-electron chi connectivity index (χ4n) is 3.78. The Labute approximate surface area is 165 Å². The van der Waals surface area contributed by atoms with Crippen molar-refractivity contribution in [3.63, 3.8) is 0 Å². The number of aliphatic hydroxyl groups is 1. The number of ether oxygens (including phenoxy) is 1. The summed E-state index contributed by atoms with van der Waals surface area (Å²) >= 11 is 0. The van der Waals surface area contributed by atoms with Crippen LogP contribution in [-0.4, -0.2) is 17.2 Å². The Hall–Kier alpha value is -3.11. The highest BCUT2D eigenvalue weighted by Crippen LogP contribution is 2.30. The van der Waals surface area contributed by atoms with E-state index in [9.17, 15) is 9.90 Å². The molecule has 1 aliphatic rings. The summed E-state index contributed by atoms with van der Waals surface area (Å²) in [4.78, 5) is 14.8. The van der Waals surface area contributed by atoms with Gasteiger partial charge in [-0.1, -0.05) is 66.7 Å². The minimum Gasteiger partial charge on any atom is -0.444 e. The molecule has 1 amide bonds. The molecule has 1 N–H and O–H groups in total. The number of anilines is 1. The number of fused-ring (bicyclic) bond motifs is 1. The van der Waals surface area contributed by atoms with Gasteiger partial charge in [0.15, 0.2) is 0 Å². The minimum atomic E-state index is -0.364. The van der Waals surface area contributed by atoms with E-state index in [1.807, 2.05) is 66.7 Å². The van der Waals surface area contributed by atoms with Crippen LogP contribution in [-0.2, 0) is 30.8 Å². The predicted molar refractivity (Wildman–Crippen MR) is 109 cm³/mol. The van der Waals surface area contributed by atoms with Crippen LogP contribution in [0.25, 0.3) is 0 Å². The van der Waals surface area contributed by atoms with E-state index < -0.39 is 0 Å². The standard InChI is InChI=1S/C24H23NO3/c26-16-19-9-6-12-22(13-19)25(23-14-20-10-4-5-11-21(20)15-23)24(27)28-17-18-7-2-1-3-8-18/h1-13,23,26H,14-17H2. The Morgan fingerprint density at radius 1 is 0.893 bits per heavy atom. The van der Waals surface area contributed by atoms with Crippen molar-refractivity contribution < 1.29 is 14.6 Å². The summed E-state index contributed by atoms with van der Waals surface area (Å²) in [5.74, 6) is 0. The lowest BCUT2D eigenvalue weighted by Crippen LogP contribution is -2.41. The van der Waals surface area contributed by atoms with Crippen LogP contribution in [0.4, 0.5) is 10.5 Å². The molecule has 3 aromatic carbocycles. The summed E-state index contributed by atoms with van der Waals surface area (Å²) in [6.07, 6.45) is 1.22. The number of hydrogen-bond donors (Lipinski definition) is 1. The smallest absolute Gasteiger partial charge is 0.414 e. The van der Waals surface area contributed by atoms with E-state index in [-0.39, 0.29) is 25.3 Å². The number of aliphatic hydroxyl groups excluding tert-OH is 1. The number of benzene rings is 3. The third kappa shape index (κ3) is 3.92. The van der Waals surface area contributed by atoms with Crippen molar-refractivity contribution in [2.45, 2.75) is 32.1 Å². The number of rotatable bonds is 5. The normalized spacial score (nSPS) is 13.2. The van der Waals surface area contributed by atoms with Gasteiger partial charge in [0.1, 0.15) is 6.61 Å². The van der Waals surface area contributed by atoms with Gasteiger partial charge in [0.25, 0.3) is 0 Å². The maximum atomic E-state index is 13.1. The van der Waals surface area contributed by atoms with E-state index in [1.165, 1.54) is 11.1 Å². The molecule has 0 bridgehead atoms. The summed E-state index contributed by atoms with van der Waals surface area (Å²) in [6, 6.07) is 25.4. The maximum Gasteiger partial charge on any atom is 0.414 e. The topological polar surface area (TPSA) is 49.8 Å². The van der Waals surface area contributed by atoms with Crippen molar-refractivity contribution in [2.24, 2.45) is 0 Å². The van der Waals surface area contributed by atoms with Gasteiger partial charge in [-0.3, -0.25) is 4.90 Å². The molecular formula is C24H23NO3. The van der Waals surface area contributed by atoms with Gasteiger partial charge in [-0.05, 0) is 47.2 Å². The fourth-order valence-corrected chi connectivity index (χ4v) is 3.78. The van der Waals surface area contributed by atoms with Crippen molar-refractivity contribution in [1.82, 2.24) is 0 Å². The van der Waals surface area contributed by atoms with Crippen LogP contribution in [0, 0.1) is 0 Å². The molecular weight excluding hydrogens is 350 g/mol. The van der Waals surface area contributed by atoms with E-state index in [1.54, 1.807) is 4.90 Å². The number of nitrogens with zero attached hydrogens (tertiary/aromatic N) is 1. The molecule has 0 saturated heterocycles. The highest BCUT2D eigenvalue weighted by Gasteiger charge is 2.32. The van der Waals surface area contributed by atoms with Crippen LogP contribution < -0.4 is 4.90 Å². The molecule has 0 fully saturated rings. The van der Waals surface area contributed by atoms with Crippen molar-refractivity contribution in [1.29, 1.82) is 0 Å². The molecule has 0 radical (unpaired) electrons. The van der Waals surface area contributed by atoms with Gasteiger partial charge in [-0.15, -0.1) is 0 Å². The van der Waals surface area contributed by atoms with Crippen molar-refractivity contribution >= 4 is 11.8 Å². The quantitative estimate of drug-likeness (QED) is 0.717. The molecule has 0 heterocycles. The largest absolute Gasteiger partial charge is 0.444 e. The van der Waals surface area contributed by atoms with Crippen molar-refractivity contribution in [2.75, 3.05) is 4.90 Å². The van der Waals surface area contributed by atoms with E-state index >= 15 is 0 Å². The van der Waals surface area contributed by atoms with E-state index in [0.717, 1.165) is 29.7 Å². The first-order chi connectivity index (χ1) is 13.7. The van der Waals surface area contributed by atoms with Crippen LogP contribution in [0.3, 0.4) is 0 Å². The molecule has 1 aliphatic carbocycles. The molecule has 0 atom stereocenters. The maximum absolute atomic E-state index is 13.1. The van der Waals surface area contributed by atoms with Crippen LogP contribution in [0.2, 0.25) is 0 Å². The summed E-state index contributed by atoms with van der Waals surface area (Å²) in [6.45, 7) is 0.168. The van der Waals surface area contributed by atoms with Crippen LogP contribution in [0.15, 0.2) is 78.9 Å². The SMILES string of the molecule is O=C(OCc1ccccc1)N(c1cccc(CO)c1)C1Cc2ccccc2C1. The zero-order valence-corrected chi connectivity index (χ0v) is 15.6. The second-order valence-corrected chi connectivity index (χ2v) is 7.07. The third-order valence-electron chi connectivity index (χ3n) is 5.17. The summed E-state index contributed by atoms with van der Waals surface area (Å²) < 4.78 is 5.65. The number of amides is 1. The zero-order chi connectivity index (χ0) is 19.3. The molecule has 3 aromatic rings. The number of carbonyl (C=O) groups is 1. The first kappa shape index (κ1) is 18.3. The zero-order valence-electron chi connectivity index (χ0n) is 15.6. The Bertz CT molecular complexity index is 930. The Balaban J connectivity index is 1.59. The lowest BCUT2D eigenvalue weighted by atomic mass is 10.1. The number of hydrogen-bond acceptors (Lipinski definition) is 3. The molecule has 0 unspecified atom stereocenters. The molecule has 0 aromatic heterocycles. The second kappa shape index (κ2) is 8.28. The summed E-state index contributed by atoms with van der Waals surface area (Å²) in [5.41, 5.74) is 5.02. The molecule has 4 rings (SSSR count). The molecule has 28 heavy (non-hydrogen) atoms. The van der Waals surface area contributed by atoms with Crippen molar-refractivity contribution in [3.05, 3.63) is 101 Å². The highest BCUT2D eigenvalue weighted by atomic mass is 16.6. The second-order valence-electron chi connectivity index (χ2n) is 7.07. The lowest BCUT2D eigenvalue weighted by molar-refractivity contribution is 0.144. The molecule has 0 spiro atoms. The van der Waals surface area contributed by atoms with Crippen LogP contribution in [0.1, 0.15) is 22.3 Å². The van der Waals surface area contributed by atoms with Crippen molar-refractivity contribution in [3.8, 4) is 0 Å². The van der Waals surface area contributed by atoms with Gasteiger partial charge in [-0.25, -0.2) is 4.79 Å². The summed E-state index contributed by atoms with van der Waals surface area (Å²) in [7, 11) is 0. The van der Waals surface area contributed by atoms with Gasteiger partial charge < -0.3 is 9.84 Å². The fraction of sp³-hybridized carbons (Fsp3) is 0.208. The minimum absolute atomic E-state index is 0.00498. The van der Waals surface area contributed by atoms with Gasteiger partial charge >= 0.3 is 6.09 Å². The molecule has 4 nitrogen and oxygen atoms in total. The predicted octanol–water partition coefficient (Wildman–Crippen LogP) is 4.49. The van der Waals surface area contributed by atoms with Crippen LogP contribution in [0.5, 0.6) is 0 Å². The molecule has 4 heteroatoms. The Kier molecular flexibility index (Phi) is 5.40. The van der Waals surface area contributed by atoms with Gasteiger partial charge in [-0.2, -0.15) is 0 Å². The molecule has 0 saturated carbocycles. The summed E-state index contributed by atoms with van der Waals surface area (Å²) in [5, 5.41) is 9.51. The van der Waals surface area contributed by atoms with Gasteiger partial charge in [0, 0.05) is 11.7 Å². The monoisotopic (exact) mass is 373 g/mol. The molecule has 142 valence electrons. The third-order valence-corrected chi connectivity index (χ3v) is 5.17. The first-order valence-corrected chi connectivity index (χ1v) is 9.51. The van der Waals surface area contributed by atoms with E-state index in [0.29, 0.717) is 0 Å². The Morgan fingerprint density at radius 3 is 2.21 bits per heavy atom. The van der Waals surface area contributed by atoms with Crippen LogP contribution >= 0.6 is 0 Å². The lowest BCUT2D eigenvalue weighted by Gasteiger charge is -2.28. The van der Waals surface area contributed by atoms with E-state index in [2.05, 4.69) is 12.1 Å².